The van der Waals surface area contributed by atoms with Crippen LogP contribution in [0.25, 0.3) is 16.0 Å². The third kappa shape index (κ3) is 4.29. The number of ether oxygens (including phenoxy) is 1. The molecule has 7 heteroatoms. The van der Waals surface area contributed by atoms with Crippen molar-refractivity contribution >= 4 is 44.1 Å². The van der Waals surface area contributed by atoms with Crippen molar-refractivity contribution in [3.05, 3.63) is 94.1 Å². The summed E-state index contributed by atoms with van der Waals surface area (Å²) in [7, 11) is 1.50. The smallest absolute Gasteiger partial charge is 0.301 e. The van der Waals surface area contributed by atoms with Crippen LogP contribution < -0.4 is 9.64 Å². The second-order valence-corrected chi connectivity index (χ2v) is 10.7. The molecule has 0 aliphatic carbocycles. The molecule has 1 unspecified atom stereocenters. The summed E-state index contributed by atoms with van der Waals surface area (Å²) in [4.78, 5) is 33.3. The molecule has 1 atom stereocenters. The van der Waals surface area contributed by atoms with E-state index in [-0.39, 0.29) is 11.3 Å². The first-order valence-corrected chi connectivity index (χ1v) is 12.9. The Morgan fingerprint density at radius 1 is 1.03 bits per heavy atom. The highest BCUT2D eigenvalue weighted by atomic mass is 32.1. The molecule has 0 spiro atoms. The van der Waals surface area contributed by atoms with Gasteiger partial charge in [0.1, 0.15) is 11.5 Å². The van der Waals surface area contributed by atoms with Crippen molar-refractivity contribution in [2.45, 2.75) is 39.7 Å². The van der Waals surface area contributed by atoms with Crippen LogP contribution >= 0.6 is 11.3 Å². The molecule has 1 aromatic heterocycles. The summed E-state index contributed by atoms with van der Waals surface area (Å²) in [5.41, 5.74) is 4.89. The number of Topliss-reactive ketones (excluding diaryl/α,β-unsaturated/α-hetero) is 1. The fourth-order valence-electron chi connectivity index (χ4n) is 4.73. The summed E-state index contributed by atoms with van der Waals surface area (Å²) in [6.45, 7) is 8.09. The van der Waals surface area contributed by atoms with Crippen LogP contribution in [0.1, 0.15) is 53.6 Å². The number of thiazole rings is 1. The lowest BCUT2D eigenvalue weighted by atomic mass is 9.94. The van der Waals surface area contributed by atoms with Crippen LogP contribution in [0.2, 0.25) is 0 Å². The number of rotatable bonds is 5. The molecule has 1 fully saturated rings. The van der Waals surface area contributed by atoms with E-state index in [1.54, 1.807) is 12.1 Å². The minimum absolute atomic E-state index is 0.0154. The van der Waals surface area contributed by atoms with E-state index in [1.807, 2.05) is 56.3 Å². The highest BCUT2D eigenvalue weighted by Gasteiger charge is 2.48. The molecule has 0 saturated carbocycles. The lowest BCUT2D eigenvalue weighted by molar-refractivity contribution is -0.132. The van der Waals surface area contributed by atoms with Crippen LogP contribution in [0, 0.1) is 13.8 Å². The zero-order valence-electron chi connectivity index (χ0n) is 21.4. The molecule has 1 amide bonds. The second-order valence-electron chi connectivity index (χ2n) is 9.67. The SMILES string of the molecule is COc1ccc(C)cc1/C(O)=C1\C(=O)C(=O)N(c2nc3ccc(C(C)C)cc3s2)C1c1cccc(C)c1. The molecule has 6 nitrogen and oxygen atoms in total. The predicted octanol–water partition coefficient (Wildman–Crippen LogP) is 6.67. The van der Waals surface area contributed by atoms with Gasteiger partial charge in [0.05, 0.1) is 34.5 Å². The second kappa shape index (κ2) is 9.48. The summed E-state index contributed by atoms with van der Waals surface area (Å²) in [5, 5.41) is 11.9. The van der Waals surface area contributed by atoms with Crippen LogP contribution in [0.15, 0.2) is 66.2 Å². The zero-order chi connectivity index (χ0) is 26.4. The third-order valence-corrected chi connectivity index (χ3v) is 7.70. The number of methoxy groups -OCH3 is 1. The van der Waals surface area contributed by atoms with Gasteiger partial charge in [-0.3, -0.25) is 14.5 Å². The summed E-state index contributed by atoms with van der Waals surface area (Å²) in [5.74, 6) is -0.979. The predicted molar refractivity (Wildman–Crippen MR) is 147 cm³/mol. The lowest BCUT2D eigenvalue weighted by Gasteiger charge is -2.23. The monoisotopic (exact) mass is 512 g/mol. The Labute approximate surface area is 219 Å². The van der Waals surface area contributed by atoms with Gasteiger partial charge in [-0.1, -0.05) is 72.7 Å². The Morgan fingerprint density at radius 2 is 1.78 bits per heavy atom. The molecule has 1 saturated heterocycles. The highest BCUT2D eigenvalue weighted by molar-refractivity contribution is 7.22. The Hall–Kier alpha value is -3.97. The minimum Gasteiger partial charge on any atom is -0.507 e. The lowest BCUT2D eigenvalue weighted by Crippen LogP contribution is -2.29. The van der Waals surface area contributed by atoms with Gasteiger partial charge < -0.3 is 9.84 Å². The van der Waals surface area contributed by atoms with Gasteiger partial charge in [0.25, 0.3) is 5.78 Å². The van der Waals surface area contributed by atoms with Gasteiger partial charge in [-0.2, -0.15) is 0 Å². The number of fused-ring (bicyclic) bond motifs is 1. The number of anilines is 1. The first-order valence-electron chi connectivity index (χ1n) is 12.1. The van der Waals surface area contributed by atoms with E-state index in [1.165, 1.54) is 28.9 Å². The van der Waals surface area contributed by atoms with Gasteiger partial charge in [0, 0.05) is 0 Å². The van der Waals surface area contributed by atoms with Crippen LogP contribution in [0.3, 0.4) is 0 Å². The molecule has 188 valence electrons. The average Bonchev–Trinajstić information content (AvgIpc) is 3.41. The number of hydrogen-bond acceptors (Lipinski definition) is 6. The number of benzene rings is 3. The normalized spacial score (nSPS) is 17.2. The number of carbonyl (C=O) groups excluding carboxylic acids is 2. The van der Waals surface area contributed by atoms with E-state index >= 15 is 0 Å². The molecule has 37 heavy (non-hydrogen) atoms. The van der Waals surface area contributed by atoms with Gasteiger partial charge >= 0.3 is 5.91 Å². The Kier molecular flexibility index (Phi) is 6.33. The third-order valence-electron chi connectivity index (χ3n) is 6.69. The number of aliphatic hydroxyl groups is 1. The van der Waals surface area contributed by atoms with Crippen LogP contribution in [0.5, 0.6) is 5.75 Å². The quantitative estimate of drug-likeness (QED) is 0.183. The van der Waals surface area contributed by atoms with Crippen molar-refractivity contribution in [1.82, 2.24) is 4.98 Å². The molecular weight excluding hydrogens is 484 g/mol. The van der Waals surface area contributed by atoms with Crippen LogP contribution in [-0.2, 0) is 9.59 Å². The fraction of sp³-hybridized carbons (Fsp3) is 0.233. The molecule has 0 radical (unpaired) electrons. The van der Waals surface area contributed by atoms with E-state index in [9.17, 15) is 14.7 Å². The van der Waals surface area contributed by atoms with E-state index < -0.39 is 17.7 Å². The van der Waals surface area contributed by atoms with E-state index in [0.717, 1.165) is 26.9 Å². The number of hydrogen-bond donors (Lipinski definition) is 1. The number of carbonyl (C=O) groups is 2. The molecule has 1 aliphatic rings. The van der Waals surface area contributed by atoms with Gasteiger partial charge in [-0.25, -0.2) is 4.98 Å². The van der Waals surface area contributed by atoms with E-state index in [4.69, 9.17) is 9.72 Å². The van der Waals surface area contributed by atoms with Crippen molar-refractivity contribution in [2.24, 2.45) is 0 Å². The molecular formula is C30H28N2O4S. The molecule has 4 aromatic rings. The zero-order valence-corrected chi connectivity index (χ0v) is 22.2. The minimum atomic E-state index is -0.838. The maximum Gasteiger partial charge on any atom is 0.301 e. The van der Waals surface area contributed by atoms with Gasteiger partial charge in [0.2, 0.25) is 0 Å². The van der Waals surface area contributed by atoms with Gasteiger partial charge in [-0.15, -0.1) is 0 Å². The average molecular weight is 513 g/mol. The van der Waals surface area contributed by atoms with Crippen molar-refractivity contribution in [1.29, 1.82) is 0 Å². The fourth-order valence-corrected chi connectivity index (χ4v) is 5.77. The highest BCUT2D eigenvalue weighted by Crippen LogP contribution is 2.45. The molecule has 1 aliphatic heterocycles. The van der Waals surface area contributed by atoms with E-state index in [0.29, 0.717) is 22.4 Å². The van der Waals surface area contributed by atoms with Gasteiger partial charge in [-0.05, 0) is 55.2 Å². The molecule has 3 aromatic carbocycles. The molecule has 2 heterocycles. The molecule has 0 bridgehead atoms. The molecule has 1 N–H and O–H groups in total. The van der Waals surface area contributed by atoms with Crippen LogP contribution in [0.4, 0.5) is 5.13 Å². The van der Waals surface area contributed by atoms with E-state index in [2.05, 4.69) is 19.9 Å². The van der Waals surface area contributed by atoms with Crippen molar-refractivity contribution < 1.29 is 19.4 Å². The standard InChI is InChI=1S/C30H28N2O4S/c1-16(2)19-10-11-22-24(15-19)37-30(31-22)32-26(20-8-6-7-17(3)13-20)25(28(34)29(32)35)27(33)21-14-18(4)9-12-23(21)36-5/h6-16,26,33H,1-5H3/b27-25+. The number of aliphatic hydroxyl groups excluding tert-OH is 1. The topological polar surface area (TPSA) is 79.7 Å². The number of amides is 1. The first-order chi connectivity index (χ1) is 17.7. The Bertz CT molecular complexity index is 1580. The summed E-state index contributed by atoms with van der Waals surface area (Å²) in [6, 6.07) is 18.2. The summed E-state index contributed by atoms with van der Waals surface area (Å²) >= 11 is 1.37. The number of aryl methyl sites for hydroxylation is 2. The number of nitrogens with zero attached hydrogens (tertiary/aromatic N) is 2. The van der Waals surface area contributed by atoms with Crippen molar-refractivity contribution in [3.8, 4) is 5.75 Å². The number of aromatic nitrogens is 1. The first kappa shape index (κ1) is 24.7. The van der Waals surface area contributed by atoms with Crippen molar-refractivity contribution in [2.75, 3.05) is 12.0 Å². The van der Waals surface area contributed by atoms with Gasteiger partial charge in [0.15, 0.2) is 5.13 Å². The maximum absolute atomic E-state index is 13.6. The largest absolute Gasteiger partial charge is 0.507 e. The Balaban J connectivity index is 1.74. The van der Waals surface area contributed by atoms with Crippen molar-refractivity contribution in [3.63, 3.8) is 0 Å². The molecule has 5 rings (SSSR count). The number of ketones is 1. The maximum atomic E-state index is 13.6. The summed E-state index contributed by atoms with van der Waals surface area (Å²) in [6.07, 6.45) is 0. The summed E-state index contributed by atoms with van der Waals surface area (Å²) < 4.78 is 6.41. The van der Waals surface area contributed by atoms with Crippen LogP contribution in [-0.4, -0.2) is 28.9 Å². The Morgan fingerprint density at radius 3 is 2.49 bits per heavy atom.